The second kappa shape index (κ2) is 5.97. The summed E-state index contributed by atoms with van der Waals surface area (Å²) in [6, 6.07) is 0.679. The topological polar surface area (TPSA) is 63.6 Å². The summed E-state index contributed by atoms with van der Waals surface area (Å²) >= 11 is 5.58. The van der Waals surface area contributed by atoms with E-state index in [1.54, 1.807) is 0 Å². The Bertz CT molecular complexity index is 519. The van der Waals surface area contributed by atoms with Crippen molar-refractivity contribution in [3.8, 4) is 5.75 Å². The molecular formula is C12H11ClF2O4. The third-order valence-electron chi connectivity index (χ3n) is 2.69. The maximum absolute atomic E-state index is 14.0. The van der Waals surface area contributed by atoms with E-state index in [2.05, 4.69) is 4.74 Å². The second-order valence-corrected chi connectivity index (χ2v) is 4.30. The molecule has 1 N–H and O–H groups in total. The zero-order valence-electron chi connectivity index (χ0n) is 10.1. The quantitative estimate of drug-likeness (QED) is 0.669. The van der Waals surface area contributed by atoms with Gasteiger partial charge in [-0.25, -0.2) is 8.78 Å². The third-order valence-corrected chi connectivity index (χ3v) is 3.03. The van der Waals surface area contributed by atoms with Crippen LogP contribution >= 0.6 is 11.6 Å². The Labute approximate surface area is 112 Å². The molecule has 0 aliphatic carbocycles. The Hall–Kier alpha value is -1.69. The van der Waals surface area contributed by atoms with Gasteiger partial charge in [0.25, 0.3) is 0 Å². The van der Waals surface area contributed by atoms with Crippen LogP contribution in [0.5, 0.6) is 5.75 Å². The van der Waals surface area contributed by atoms with E-state index in [0.717, 1.165) is 7.11 Å². The number of methoxy groups -OCH3 is 1. The Kier molecular flexibility index (Phi) is 4.83. The van der Waals surface area contributed by atoms with Gasteiger partial charge < -0.3 is 14.6 Å². The van der Waals surface area contributed by atoms with E-state index >= 15 is 0 Å². The number of aldehydes is 1. The summed E-state index contributed by atoms with van der Waals surface area (Å²) in [5.41, 5.74) is -0.490. The van der Waals surface area contributed by atoms with Gasteiger partial charge >= 0.3 is 5.97 Å². The number of carboxylic acids is 1. The van der Waals surface area contributed by atoms with E-state index in [1.165, 1.54) is 6.92 Å². The lowest BCUT2D eigenvalue weighted by Gasteiger charge is -2.18. The van der Waals surface area contributed by atoms with Crippen molar-refractivity contribution < 1.29 is 28.2 Å². The molecule has 0 spiro atoms. The Morgan fingerprint density at radius 3 is 2.53 bits per heavy atom. The van der Waals surface area contributed by atoms with Gasteiger partial charge in [-0.05, 0) is 6.07 Å². The molecule has 0 bridgehead atoms. The highest BCUT2D eigenvalue weighted by atomic mass is 35.5. The lowest BCUT2D eigenvalue weighted by molar-refractivity contribution is -0.141. The van der Waals surface area contributed by atoms with Gasteiger partial charge in [-0.15, -0.1) is 0 Å². The molecular weight excluding hydrogens is 282 g/mol. The smallest absolute Gasteiger partial charge is 0.311 e. The zero-order chi connectivity index (χ0) is 14.7. The van der Waals surface area contributed by atoms with Crippen LogP contribution < -0.4 is 4.74 Å². The van der Waals surface area contributed by atoms with Crippen LogP contribution in [-0.4, -0.2) is 24.5 Å². The minimum atomic E-state index is -1.52. The summed E-state index contributed by atoms with van der Waals surface area (Å²) in [6.45, 7) is 1.29. The molecule has 19 heavy (non-hydrogen) atoms. The standard InChI is InChI=1S/C12H11ClF2O4/c1-5(4-16)8(12(17)18)6-3-7(14)11(19-2)9(13)10(6)15/h3-5,8H,1-2H3,(H,17,18). The number of hydrogen-bond donors (Lipinski definition) is 1. The monoisotopic (exact) mass is 292 g/mol. The number of halogens is 3. The van der Waals surface area contributed by atoms with Crippen molar-refractivity contribution in [2.75, 3.05) is 7.11 Å². The average molecular weight is 293 g/mol. The Balaban J connectivity index is 3.49. The average Bonchev–Trinajstić information content (AvgIpc) is 2.35. The summed E-state index contributed by atoms with van der Waals surface area (Å²) in [7, 11) is 1.10. The van der Waals surface area contributed by atoms with Crippen molar-refractivity contribution in [1.82, 2.24) is 0 Å². The second-order valence-electron chi connectivity index (χ2n) is 3.92. The number of carbonyl (C=O) groups excluding carboxylic acids is 1. The van der Waals surface area contributed by atoms with E-state index in [-0.39, 0.29) is 0 Å². The van der Waals surface area contributed by atoms with Crippen LogP contribution in [0.1, 0.15) is 18.4 Å². The van der Waals surface area contributed by atoms with Crippen molar-refractivity contribution in [1.29, 1.82) is 0 Å². The molecule has 0 amide bonds. The van der Waals surface area contributed by atoms with Crippen LogP contribution in [0.3, 0.4) is 0 Å². The number of ether oxygens (including phenoxy) is 1. The van der Waals surface area contributed by atoms with Gasteiger partial charge in [0.15, 0.2) is 11.6 Å². The number of carboxylic acid groups (broad SMARTS) is 1. The van der Waals surface area contributed by atoms with Gasteiger partial charge in [-0.1, -0.05) is 18.5 Å². The summed E-state index contributed by atoms with van der Waals surface area (Å²) in [6.07, 6.45) is 0.355. The predicted octanol–water partition coefficient (Wildman–Crippen LogP) is 2.63. The Morgan fingerprint density at radius 2 is 2.11 bits per heavy atom. The molecule has 4 nitrogen and oxygen atoms in total. The first kappa shape index (κ1) is 15.4. The molecule has 0 aliphatic rings. The van der Waals surface area contributed by atoms with Gasteiger partial charge in [-0.2, -0.15) is 0 Å². The minimum absolute atomic E-state index is 0.355. The molecule has 1 rings (SSSR count). The first-order valence-corrected chi connectivity index (χ1v) is 5.62. The van der Waals surface area contributed by atoms with Crippen LogP contribution in [0.2, 0.25) is 5.02 Å². The largest absolute Gasteiger partial charge is 0.492 e. The maximum Gasteiger partial charge on any atom is 0.311 e. The molecule has 0 fully saturated rings. The number of rotatable bonds is 5. The van der Waals surface area contributed by atoms with Gasteiger partial charge in [0.1, 0.15) is 17.1 Å². The predicted molar refractivity (Wildman–Crippen MR) is 63.5 cm³/mol. The van der Waals surface area contributed by atoms with E-state index < -0.39 is 45.8 Å². The molecule has 2 atom stereocenters. The lowest BCUT2D eigenvalue weighted by Crippen LogP contribution is -2.22. The molecule has 2 unspecified atom stereocenters. The zero-order valence-corrected chi connectivity index (χ0v) is 10.9. The van der Waals surface area contributed by atoms with Crippen molar-refractivity contribution >= 4 is 23.9 Å². The SMILES string of the molecule is COc1c(F)cc(C(C(=O)O)C(C)C=O)c(F)c1Cl. The van der Waals surface area contributed by atoms with E-state index in [9.17, 15) is 18.4 Å². The van der Waals surface area contributed by atoms with E-state index in [1.807, 2.05) is 0 Å². The molecule has 0 aliphatic heterocycles. The maximum atomic E-state index is 14.0. The van der Waals surface area contributed by atoms with Gasteiger partial charge in [0.05, 0.1) is 13.0 Å². The van der Waals surface area contributed by atoms with Crippen LogP contribution in [0.4, 0.5) is 8.78 Å². The first-order chi connectivity index (χ1) is 8.84. The number of benzene rings is 1. The summed E-state index contributed by atoms with van der Waals surface area (Å²) in [5.74, 6) is -6.61. The minimum Gasteiger partial charge on any atom is -0.492 e. The van der Waals surface area contributed by atoms with Crippen LogP contribution in [0.25, 0.3) is 0 Å². The van der Waals surface area contributed by atoms with Gasteiger partial charge in [0.2, 0.25) is 0 Å². The third kappa shape index (κ3) is 2.84. The highest BCUT2D eigenvalue weighted by Gasteiger charge is 2.32. The summed E-state index contributed by atoms with van der Waals surface area (Å²) < 4.78 is 32.2. The number of hydrogen-bond acceptors (Lipinski definition) is 3. The number of aliphatic carboxylic acids is 1. The van der Waals surface area contributed by atoms with E-state index in [4.69, 9.17) is 16.7 Å². The highest BCUT2D eigenvalue weighted by molar-refractivity contribution is 6.32. The van der Waals surface area contributed by atoms with Crippen molar-refractivity contribution in [2.24, 2.45) is 5.92 Å². The summed E-state index contributed by atoms with van der Waals surface area (Å²) in [5, 5.41) is 8.39. The first-order valence-electron chi connectivity index (χ1n) is 5.24. The highest BCUT2D eigenvalue weighted by Crippen LogP contribution is 2.37. The van der Waals surface area contributed by atoms with Crippen molar-refractivity contribution in [3.63, 3.8) is 0 Å². The lowest BCUT2D eigenvalue weighted by atomic mass is 9.87. The van der Waals surface area contributed by atoms with Gasteiger partial charge in [-0.3, -0.25) is 4.79 Å². The summed E-state index contributed by atoms with van der Waals surface area (Å²) in [4.78, 5) is 21.8. The van der Waals surface area contributed by atoms with Crippen LogP contribution in [0.15, 0.2) is 6.07 Å². The normalized spacial score (nSPS) is 13.7. The van der Waals surface area contributed by atoms with Crippen molar-refractivity contribution in [3.05, 3.63) is 28.3 Å². The fourth-order valence-electron chi connectivity index (χ4n) is 1.73. The molecule has 0 saturated carbocycles. The fraction of sp³-hybridized carbons (Fsp3) is 0.333. The molecule has 0 aromatic heterocycles. The molecule has 104 valence electrons. The molecule has 1 aromatic rings. The van der Waals surface area contributed by atoms with Crippen LogP contribution in [-0.2, 0) is 9.59 Å². The number of carbonyl (C=O) groups is 2. The fourth-order valence-corrected chi connectivity index (χ4v) is 2.01. The molecule has 0 heterocycles. The molecule has 7 heteroatoms. The molecule has 0 radical (unpaired) electrons. The van der Waals surface area contributed by atoms with Gasteiger partial charge in [0, 0.05) is 11.5 Å². The van der Waals surface area contributed by atoms with Crippen LogP contribution in [0, 0.1) is 17.6 Å². The van der Waals surface area contributed by atoms with E-state index in [0.29, 0.717) is 12.4 Å². The Morgan fingerprint density at radius 1 is 1.53 bits per heavy atom. The van der Waals surface area contributed by atoms with Crippen molar-refractivity contribution in [2.45, 2.75) is 12.8 Å². The molecule has 1 aromatic carbocycles. The molecule has 0 saturated heterocycles.